The predicted octanol–water partition coefficient (Wildman–Crippen LogP) is 4.11. The summed E-state index contributed by atoms with van der Waals surface area (Å²) in [4.78, 5) is 15.6. The summed E-state index contributed by atoms with van der Waals surface area (Å²) >= 11 is 3.51. The quantitative estimate of drug-likeness (QED) is 0.817. The first kappa shape index (κ1) is 17.9. The molecule has 0 atom stereocenters. The Kier molecular flexibility index (Phi) is 5.98. The molecule has 4 heteroatoms. The largest absolute Gasteiger partial charge is 0.342 e. The summed E-state index contributed by atoms with van der Waals surface area (Å²) < 4.78 is 1.08. The molecule has 3 nitrogen and oxygen atoms in total. The van der Waals surface area contributed by atoms with Crippen LogP contribution in [0.3, 0.4) is 0 Å². The molecule has 0 unspecified atom stereocenters. The first-order chi connectivity index (χ1) is 11.7. The van der Waals surface area contributed by atoms with Crippen molar-refractivity contribution in [2.45, 2.75) is 50.4 Å². The molecule has 1 amide bonds. The maximum absolute atomic E-state index is 13.4. The highest BCUT2D eigenvalue weighted by atomic mass is 79.9. The van der Waals surface area contributed by atoms with Crippen molar-refractivity contribution in [3.63, 3.8) is 0 Å². The van der Waals surface area contributed by atoms with Gasteiger partial charge in [-0.05, 0) is 69.3 Å². The van der Waals surface area contributed by atoms with Crippen LogP contribution in [0.15, 0.2) is 28.7 Å². The second kappa shape index (κ2) is 8.01. The fourth-order valence-electron chi connectivity index (χ4n) is 4.45. The summed E-state index contributed by atoms with van der Waals surface area (Å²) in [6.45, 7) is 2.96. The first-order valence-electron chi connectivity index (χ1n) is 9.36. The Labute approximate surface area is 154 Å². The Morgan fingerprint density at radius 3 is 2.42 bits per heavy atom. The maximum Gasteiger partial charge on any atom is 0.233 e. The third-order valence-corrected chi connectivity index (χ3v) is 6.50. The van der Waals surface area contributed by atoms with E-state index in [9.17, 15) is 4.79 Å². The van der Waals surface area contributed by atoms with E-state index in [1.807, 2.05) is 7.05 Å². The summed E-state index contributed by atoms with van der Waals surface area (Å²) in [6.07, 6.45) is 7.89. The first-order valence-corrected chi connectivity index (χ1v) is 10.1. The standard InChI is InChI=1S/C20H29BrN2O/c1-22-13-8-16-9-14-23(15-10-16)19(24)20(11-2-3-12-20)17-4-6-18(21)7-5-17/h4-7,16,22H,2-3,8-15H2,1H3. The number of rotatable bonds is 5. The van der Waals surface area contributed by atoms with Crippen molar-refractivity contribution in [2.24, 2.45) is 5.92 Å². The zero-order chi connectivity index (χ0) is 17.0. The number of halogens is 1. The minimum absolute atomic E-state index is 0.265. The van der Waals surface area contributed by atoms with Crippen molar-refractivity contribution in [1.29, 1.82) is 0 Å². The van der Waals surface area contributed by atoms with Crippen LogP contribution in [0, 0.1) is 5.92 Å². The van der Waals surface area contributed by atoms with Crippen LogP contribution in [0.4, 0.5) is 0 Å². The molecule has 1 aromatic rings. The molecule has 1 aliphatic heterocycles. The molecule has 0 radical (unpaired) electrons. The van der Waals surface area contributed by atoms with Gasteiger partial charge in [-0.1, -0.05) is 40.9 Å². The van der Waals surface area contributed by atoms with Gasteiger partial charge in [0.25, 0.3) is 0 Å². The fraction of sp³-hybridized carbons (Fsp3) is 0.650. The van der Waals surface area contributed by atoms with Gasteiger partial charge < -0.3 is 10.2 Å². The number of benzene rings is 1. The van der Waals surface area contributed by atoms with Crippen LogP contribution in [-0.2, 0) is 10.2 Å². The van der Waals surface area contributed by atoms with Crippen molar-refractivity contribution >= 4 is 21.8 Å². The summed E-state index contributed by atoms with van der Waals surface area (Å²) in [5, 5.41) is 3.24. The van der Waals surface area contributed by atoms with Gasteiger partial charge in [0.15, 0.2) is 0 Å². The highest BCUT2D eigenvalue weighted by Crippen LogP contribution is 2.43. The zero-order valence-electron chi connectivity index (χ0n) is 14.7. The number of hydrogen-bond donors (Lipinski definition) is 1. The molecular formula is C20H29BrN2O. The summed E-state index contributed by atoms with van der Waals surface area (Å²) in [6, 6.07) is 8.44. The van der Waals surface area contributed by atoms with E-state index < -0.39 is 0 Å². The number of piperidine rings is 1. The number of nitrogens with one attached hydrogen (secondary N) is 1. The third kappa shape index (κ3) is 3.70. The van der Waals surface area contributed by atoms with Gasteiger partial charge in [0.05, 0.1) is 5.41 Å². The average Bonchev–Trinajstić information content (AvgIpc) is 3.11. The van der Waals surface area contributed by atoms with Crippen LogP contribution in [0.1, 0.15) is 50.5 Å². The maximum atomic E-state index is 13.4. The minimum atomic E-state index is -0.265. The van der Waals surface area contributed by atoms with Crippen molar-refractivity contribution < 1.29 is 4.79 Å². The summed E-state index contributed by atoms with van der Waals surface area (Å²) in [5.74, 6) is 1.16. The van der Waals surface area contributed by atoms with E-state index in [1.165, 1.54) is 24.8 Å². The van der Waals surface area contributed by atoms with Crippen molar-refractivity contribution in [3.8, 4) is 0 Å². The van der Waals surface area contributed by atoms with Crippen LogP contribution >= 0.6 is 15.9 Å². The fourth-order valence-corrected chi connectivity index (χ4v) is 4.71. The summed E-state index contributed by atoms with van der Waals surface area (Å²) in [5.41, 5.74) is 0.948. The van der Waals surface area contributed by atoms with Crippen LogP contribution < -0.4 is 5.32 Å². The Balaban J connectivity index is 1.71. The lowest BCUT2D eigenvalue weighted by Gasteiger charge is -2.39. The highest BCUT2D eigenvalue weighted by molar-refractivity contribution is 9.10. The van der Waals surface area contributed by atoms with Gasteiger partial charge in [0, 0.05) is 17.6 Å². The lowest BCUT2D eigenvalue weighted by atomic mass is 9.77. The molecule has 1 saturated heterocycles. The van der Waals surface area contributed by atoms with Crippen molar-refractivity contribution in [1.82, 2.24) is 10.2 Å². The van der Waals surface area contributed by atoms with E-state index in [4.69, 9.17) is 0 Å². The second-order valence-electron chi connectivity index (χ2n) is 7.42. The molecule has 0 spiro atoms. The minimum Gasteiger partial charge on any atom is -0.342 e. The smallest absolute Gasteiger partial charge is 0.233 e. The number of carbonyl (C=O) groups excluding carboxylic acids is 1. The van der Waals surface area contributed by atoms with Gasteiger partial charge >= 0.3 is 0 Å². The Hall–Kier alpha value is -0.870. The molecule has 132 valence electrons. The molecule has 1 N–H and O–H groups in total. The van der Waals surface area contributed by atoms with E-state index in [0.717, 1.165) is 55.7 Å². The molecule has 2 fully saturated rings. The molecular weight excluding hydrogens is 364 g/mol. The average molecular weight is 393 g/mol. The van der Waals surface area contributed by atoms with Gasteiger partial charge in [0.2, 0.25) is 5.91 Å². The zero-order valence-corrected chi connectivity index (χ0v) is 16.3. The van der Waals surface area contributed by atoms with E-state index >= 15 is 0 Å². The molecule has 1 aromatic carbocycles. The van der Waals surface area contributed by atoms with Gasteiger partial charge in [-0.15, -0.1) is 0 Å². The van der Waals surface area contributed by atoms with Gasteiger partial charge in [0.1, 0.15) is 0 Å². The Morgan fingerprint density at radius 2 is 1.83 bits per heavy atom. The predicted molar refractivity (Wildman–Crippen MR) is 102 cm³/mol. The van der Waals surface area contributed by atoms with Crippen LogP contribution in [0.5, 0.6) is 0 Å². The Bertz CT molecular complexity index is 543. The van der Waals surface area contributed by atoms with Gasteiger partial charge in [-0.3, -0.25) is 4.79 Å². The number of nitrogens with zero attached hydrogens (tertiary/aromatic N) is 1. The van der Waals surface area contributed by atoms with E-state index in [1.54, 1.807) is 0 Å². The molecule has 1 heterocycles. The third-order valence-electron chi connectivity index (χ3n) is 5.97. The second-order valence-corrected chi connectivity index (χ2v) is 8.34. The SMILES string of the molecule is CNCCC1CCN(C(=O)C2(c3ccc(Br)cc3)CCCC2)CC1. The number of hydrogen-bond acceptors (Lipinski definition) is 2. The Morgan fingerprint density at radius 1 is 1.21 bits per heavy atom. The molecule has 2 aliphatic rings. The molecule has 24 heavy (non-hydrogen) atoms. The van der Waals surface area contributed by atoms with Crippen molar-refractivity contribution in [2.75, 3.05) is 26.7 Å². The highest BCUT2D eigenvalue weighted by Gasteiger charge is 2.45. The number of carbonyl (C=O) groups is 1. The molecule has 0 aromatic heterocycles. The van der Waals surface area contributed by atoms with Crippen LogP contribution in [-0.4, -0.2) is 37.5 Å². The molecule has 1 aliphatic carbocycles. The summed E-state index contributed by atoms with van der Waals surface area (Å²) in [7, 11) is 2.01. The van der Waals surface area contributed by atoms with Gasteiger partial charge in [-0.2, -0.15) is 0 Å². The molecule has 1 saturated carbocycles. The normalized spacial score (nSPS) is 21.2. The van der Waals surface area contributed by atoms with Crippen molar-refractivity contribution in [3.05, 3.63) is 34.3 Å². The topological polar surface area (TPSA) is 32.3 Å². The van der Waals surface area contributed by atoms with E-state index in [0.29, 0.717) is 5.91 Å². The van der Waals surface area contributed by atoms with E-state index in [2.05, 4.69) is 50.4 Å². The number of amides is 1. The lowest BCUT2D eigenvalue weighted by molar-refractivity contribution is -0.138. The van der Waals surface area contributed by atoms with E-state index in [-0.39, 0.29) is 5.41 Å². The molecule has 3 rings (SSSR count). The van der Waals surface area contributed by atoms with Crippen LogP contribution in [0.25, 0.3) is 0 Å². The monoisotopic (exact) mass is 392 g/mol. The van der Waals surface area contributed by atoms with Gasteiger partial charge in [-0.25, -0.2) is 0 Å². The lowest BCUT2D eigenvalue weighted by Crippen LogP contribution is -2.48. The number of likely N-dealkylation sites (tertiary alicyclic amines) is 1. The van der Waals surface area contributed by atoms with Crippen LogP contribution in [0.2, 0.25) is 0 Å². The molecule has 0 bridgehead atoms.